The molecule has 0 aliphatic heterocycles. The van der Waals surface area contributed by atoms with Gasteiger partial charge in [0, 0.05) is 4.80 Å². The average Bonchev–Trinajstić information content (AvgIpc) is 3.48. The van der Waals surface area contributed by atoms with Gasteiger partial charge in [0.05, 0.1) is 23.4 Å². The van der Waals surface area contributed by atoms with Crippen molar-refractivity contribution in [2.24, 2.45) is 0 Å². The molecule has 4 rings (SSSR count). The molecule has 31 heavy (non-hydrogen) atoms. The lowest BCUT2D eigenvalue weighted by atomic mass is 10.3. The molecule has 0 amide bonds. The molecule has 4 aromatic rings. The van der Waals surface area contributed by atoms with Gasteiger partial charge < -0.3 is 14.6 Å². The molecule has 2 aromatic heterocycles. The number of tetrazole rings is 2. The molecular formula is C19H16N8O4. The number of benzene rings is 2. The van der Waals surface area contributed by atoms with Crippen molar-refractivity contribution in [1.29, 1.82) is 0 Å². The quantitative estimate of drug-likeness (QED) is 0.230. The van der Waals surface area contributed by atoms with E-state index in [1.54, 1.807) is 24.3 Å². The predicted molar refractivity (Wildman–Crippen MR) is 101 cm³/mol. The van der Waals surface area contributed by atoms with Gasteiger partial charge in [0.25, 0.3) is 5.82 Å². The standard InChI is InChI=1S/C19H16N8O4/c1-30-18(28)15(27-21-16(20-23-27)19(29)31-2)17-22-26(14-11-7-4-8-12-14)24-25(17)13-9-5-3-6-10-13/h3-12H,1-2H3. The number of hydrogen-bond acceptors (Lipinski definition) is 9. The molecular weight excluding hydrogens is 404 g/mol. The van der Waals surface area contributed by atoms with Crippen molar-refractivity contribution in [1.82, 2.24) is 35.3 Å². The van der Waals surface area contributed by atoms with Crippen molar-refractivity contribution >= 4 is 11.7 Å². The molecule has 0 fully saturated rings. The van der Waals surface area contributed by atoms with Gasteiger partial charge in [-0.05, 0) is 36.6 Å². The Morgan fingerprint density at radius 3 is 2.29 bits per heavy atom. The van der Waals surface area contributed by atoms with Crippen molar-refractivity contribution in [3.05, 3.63) is 78.3 Å². The summed E-state index contributed by atoms with van der Waals surface area (Å²) in [7, 11) is 2.39. The molecule has 2 heterocycles. The fourth-order valence-electron chi connectivity index (χ4n) is 2.68. The molecule has 12 heteroatoms. The van der Waals surface area contributed by atoms with Gasteiger partial charge in [0.1, 0.15) is 5.69 Å². The summed E-state index contributed by atoms with van der Waals surface area (Å²) in [6.45, 7) is 0. The highest BCUT2D eigenvalue weighted by Gasteiger charge is 2.30. The van der Waals surface area contributed by atoms with Gasteiger partial charge in [-0.15, -0.1) is 15.0 Å². The second kappa shape index (κ2) is 8.41. The molecule has 0 bridgehead atoms. The van der Waals surface area contributed by atoms with E-state index in [2.05, 4.69) is 30.5 Å². The Morgan fingerprint density at radius 1 is 0.968 bits per heavy atom. The molecule has 12 nitrogen and oxygen atoms in total. The predicted octanol–water partition coefficient (Wildman–Crippen LogP) is -0.502. The molecule has 0 saturated heterocycles. The van der Waals surface area contributed by atoms with E-state index in [0.29, 0.717) is 11.4 Å². The summed E-state index contributed by atoms with van der Waals surface area (Å²) in [5.41, 5.74) is 1.08. The number of carbonyl (C=O) groups is 1. The number of hydrogen-bond donors (Lipinski definition) is 0. The second-order valence-corrected chi connectivity index (χ2v) is 6.02. The summed E-state index contributed by atoms with van der Waals surface area (Å²) < 4.78 is 10.9. The van der Waals surface area contributed by atoms with Crippen LogP contribution in [-0.4, -0.2) is 55.5 Å². The summed E-state index contributed by atoms with van der Waals surface area (Å²) >= 11 is 0. The highest BCUT2D eigenvalue weighted by molar-refractivity contribution is 5.84. The molecule has 0 spiro atoms. The van der Waals surface area contributed by atoms with Crippen molar-refractivity contribution in [2.45, 2.75) is 0 Å². The molecule has 0 saturated carbocycles. The van der Waals surface area contributed by atoms with Crippen LogP contribution in [0.25, 0.3) is 17.1 Å². The maximum atomic E-state index is 12.7. The number of para-hydroxylation sites is 2. The van der Waals surface area contributed by atoms with Crippen LogP contribution in [0.3, 0.4) is 0 Å². The summed E-state index contributed by atoms with van der Waals surface area (Å²) in [6, 6.07) is 18.2. The third-order valence-electron chi connectivity index (χ3n) is 4.12. The molecule has 0 aliphatic rings. The first-order chi connectivity index (χ1) is 15.1. The van der Waals surface area contributed by atoms with E-state index < -0.39 is 11.9 Å². The minimum Gasteiger partial charge on any atom is -0.615 e. The number of aromatic nitrogens is 8. The fraction of sp³-hybridized carbons (Fsp3) is 0.105. The van der Waals surface area contributed by atoms with Crippen LogP contribution in [-0.2, 0) is 9.47 Å². The monoisotopic (exact) mass is 420 g/mol. The van der Waals surface area contributed by atoms with Gasteiger partial charge in [-0.3, -0.25) is 0 Å². The average molecular weight is 420 g/mol. The van der Waals surface area contributed by atoms with E-state index >= 15 is 0 Å². The van der Waals surface area contributed by atoms with E-state index in [1.165, 1.54) is 23.7 Å². The topological polar surface area (TPSA) is 137 Å². The van der Waals surface area contributed by atoms with E-state index in [0.717, 1.165) is 4.80 Å². The molecule has 0 radical (unpaired) electrons. The maximum absolute atomic E-state index is 12.7. The van der Waals surface area contributed by atoms with E-state index in [1.807, 2.05) is 36.4 Å². The van der Waals surface area contributed by atoms with Crippen LogP contribution in [0.2, 0.25) is 0 Å². The van der Waals surface area contributed by atoms with Crippen LogP contribution in [0.1, 0.15) is 16.4 Å². The number of carbonyl (C=O) groups excluding carboxylic acids is 1. The van der Waals surface area contributed by atoms with Crippen molar-refractivity contribution in [3.63, 3.8) is 0 Å². The summed E-state index contributed by atoms with van der Waals surface area (Å²) in [6.07, 6.45) is 0. The lowest BCUT2D eigenvalue weighted by molar-refractivity contribution is -0.664. The first kappa shape index (κ1) is 19.7. The first-order valence-corrected chi connectivity index (χ1v) is 8.97. The van der Waals surface area contributed by atoms with Crippen LogP contribution in [0.4, 0.5) is 0 Å². The van der Waals surface area contributed by atoms with E-state index in [-0.39, 0.29) is 17.3 Å². The Bertz CT molecular complexity index is 1230. The van der Waals surface area contributed by atoms with Gasteiger partial charge in [-0.25, -0.2) is 4.79 Å². The molecule has 0 N–H and O–H groups in total. The lowest BCUT2D eigenvalue weighted by Crippen LogP contribution is -2.39. The summed E-state index contributed by atoms with van der Waals surface area (Å²) in [4.78, 5) is 13.9. The van der Waals surface area contributed by atoms with Crippen LogP contribution < -0.4 is 9.79 Å². The molecule has 156 valence electrons. The Morgan fingerprint density at radius 2 is 1.65 bits per heavy atom. The Labute approximate surface area is 175 Å². The van der Waals surface area contributed by atoms with Crippen LogP contribution in [0.15, 0.2) is 66.6 Å². The third-order valence-corrected chi connectivity index (χ3v) is 4.12. The van der Waals surface area contributed by atoms with Crippen LogP contribution in [0.5, 0.6) is 0 Å². The summed E-state index contributed by atoms with van der Waals surface area (Å²) in [5, 5.41) is 33.0. The Balaban J connectivity index is 1.93. The second-order valence-electron chi connectivity index (χ2n) is 6.02. The minimum atomic E-state index is -0.807. The maximum Gasteiger partial charge on any atom is 0.379 e. The highest BCUT2D eigenvalue weighted by atomic mass is 16.6. The Hall–Kier alpha value is -4.61. The van der Waals surface area contributed by atoms with Gasteiger partial charge >= 0.3 is 11.8 Å². The van der Waals surface area contributed by atoms with Gasteiger partial charge in [-0.2, -0.15) is 0 Å². The fourth-order valence-corrected chi connectivity index (χ4v) is 2.68. The smallest absolute Gasteiger partial charge is 0.379 e. The van der Waals surface area contributed by atoms with Crippen molar-refractivity contribution in [3.8, 4) is 11.4 Å². The molecule has 0 aliphatic carbocycles. The Kier molecular flexibility index (Phi) is 5.34. The number of ether oxygens (including phenoxy) is 2. The SMILES string of the molecule is COC(=O)c1nnn(/C(=C(/[O-])OC)c2nn(-c3ccccc3)n[n+]2-c2ccccc2)n1. The minimum absolute atomic E-state index is 0.0655. The van der Waals surface area contributed by atoms with E-state index in [9.17, 15) is 9.90 Å². The normalized spacial score (nSPS) is 11.7. The molecule has 0 unspecified atom stereocenters. The summed E-state index contributed by atoms with van der Waals surface area (Å²) in [5.74, 6) is -1.88. The number of nitrogens with zero attached hydrogens (tertiary/aromatic N) is 8. The zero-order valence-corrected chi connectivity index (χ0v) is 16.5. The third kappa shape index (κ3) is 3.81. The van der Waals surface area contributed by atoms with Crippen LogP contribution >= 0.6 is 0 Å². The number of rotatable bonds is 6. The number of methoxy groups -OCH3 is 2. The zero-order valence-electron chi connectivity index (χ0n) is 16.5. The number of esters is 1. The van der Waals surface area contributed by atoms with Crippen molar-refractivity contribution in [2.75, 3.05) is 14.2 Å². The zero-order chi connectivity index (χ0) is 21.8. The van der Waals surface area contributed by atoms with Gasteiger partial charge in [-0.1, -0.05) is 41.1 Å². The molecule has 0 atom stereocenters. The first-order valence-electron chi connectivity index (χ1n) is 8.97. The lowest BCUT2D eigenvalue weighted by Gasteiger charge is -2.12. The largest absolute Gasteiger partial charge is 0.615 e. The van der Waals surface area contributed by atoms with Crippen molar-refractivity contribution < 1.29 is 24.1 Å². The van der Waals surface area contributed by atoms with E-state index in [4.69, 9.17) is 4.74 Å². The van der Waals surface area contributed by atoms with Gasteiger partial charge in [0.15, 0.2) is 11.4 Å². The highest BCUT2D eigenvalue weighted by Crippen LogP contribution is 2.15. The van der Waals surface area contributed by atoms with Gasteiger partial charge in [0.2, 0.25) is 0 Å². The molecule has 2 aromatic carbocycles. The van der Waals surface area contributed by atoms with Crippen LogP contribution in [0, 0.1) is 0 Å².